The summed E-state index contributed by atoms with van der Waals surface area (Å²) in [5.41, 5.74) is 5.98. The lowest BCUT2D eigenvalue weighted by molar-refractivity contribution is -0.119. The number of hydrogen-bond acceptors (Lipinski definition) is 4. The van der Waals surface area contributed by atoms with Crippen molar-refractivity contribution in [3.63, 3.8) is 0 Å². The van der Waals surface area contributed by atoms with Crippen LogP contribution in [-0.4, -0.2) is 32.2 Å². The van der Waals surface area contributed by atoms with Gasteiger partial charge in [0.05, 0.1) is 26.3 Å². The number of nitrogens with one attached hydrogen (secondary N) is 1. The van der Waals surface area contributed by atoms with Gasteiger partial charge in [-0.15, -0.1) is 0 Å². The molecule has 0 unspecified atom stereocenters. The average molecular weight is 276 g/mol. The van der Waals surface area contributed by atoms with E-state index in [2.05, 4.69) is 17.2 Å². The molecule has 0 bridgehead atoms. The minimum atomic E-state index is -0.221. The van der Waals surface area contributed by atoms with Gasteiger partial charge in [-0.05, 0) is 32.0 Å². The van der Waals surface area contributed by atoms with Gasteiger partial charge in [-0.2, -0.15) is 0 Å². The van der Waals surface area contributed by atoms with Gasteiger partial charge in [-0.3, -0.25) is 4.79 Å². The number of benzene rings is 1. The third-order valence-electron chi connectivity index (χ3n) is 2.34. The minimum absolute atomic E-state index is 0.0285. The summed E-state index contributed by atoms with van der Waals surface area (Å²) in [6.07, 6.45) is 0. The van der Waals surface area contributed by atoms with Crippen molar-refractivity contribution >= 4 is 5.91 Å². The third-order valence-corrected chi connectivity index (χ3v) is 2.34. The first-order valence-corrected chi connectivity index (χ1v) is 6.56. The lowest BCUT2D eigenvalue weighted by Crippen LogP contribution is -2.30. The van der Waals surface area contributed by atoms with Crippen LogP contribution in [0.4, 0.5) is 0 Å². The highest BCUT2D eigenvalue weighted by Crippen LogP contribution is 2.28. The minimum Gasteiger partial charge on any atom is -0.490 e. The van der Waals surface area contributed by atoms with E-state index in [0.29, 0.717) is 24.7 Å². The molecule has 0 aliphatic rings. The Morgan fingerprint density at radius 2 is 1.95 bits per heavy atom. The van der Waals surface area contributed by atoms with E-state index in [0.717, 1.165) is 5.56 Å². The van der Waals surface area contributed by atoms with Crippen LogP contribution in [0.3, 0.4) is 0 Å². The van der Waals surface area contributed by atoms with Crippen molar-refractivity contribution in [2.45, 2.75) is 13.8 Å². The molecular weight excluding hydrogens is 256 g/mol. The SMILES string of the molecule is CCOc1ccc(C#CCNC(=O)CN)cc1OCC. The van der Waals surface area contributed by atoms with Crippen LogP contribution in [0.2, 0.25) is 0 Å². The van der Waals surface area contributed by atoms with Crippen molar-refractivity contribution in [2.24, 2.45) is 5.73 Å². The summed E-state index contributed by atoms with van der Waals surface area (Å²) >= 11 is 0. The van der Waals surface area contributed by atoms with Gasteiger partial charge in [0.15, 0.2) is 11.5 Å². The molecule has 5 nitrogen and oxygen atoms in total. The second-order valence-electron chi connectivity index (χ2n) is 3.81. The number of carbonyl (C=O) groups is 1. The maximum absolute atomic E-state index is 10.9. The van der Waals surface area contributed by atoms with E-state index in [1.807, 2.05) is 32.0 Å². The molecule has 1 aromatic rings. The molecule has 1 rings (SSSR count). The third kappa shape index (κ3) is 5.21. The van der Waals surface area contributed by atoms with E-state index in [9.17, 15) is 4.79 Å². The normalized spacial score (nSPS) is 9.35. The zero-order valence-corrected chi connectivity index (χ0v) is 11.9. The fourth-order valence-electron chi connectivity index (χ4n) is 1.49. The van der Waals surface area contributed by atoms with Crippen LogP contribution in [-0.2, 0) is 4.79 Å². The highest BCUT2D eigenvalue weighted by molar-refractivity contribution is 5.77. The van der Waals surface area contributed by atoms with Crippen LogP contribution in [0.25, 0.3) is 0 Å². The molecule has 0 spiro atoms. The molecular formula is C15H20N2O3. The summed E-state index contributed by atoms with van der Waals surface area (Å²) in [5.74, 6) is 6.96. The molecule has 0 heterocycles. The van der Waals surface area contributed by atoms with Gasteiger partial charge in [-0.25, -0.2) is 0 Å². The van der Waals surface area contributed by atoms with Crippen LogP contribution in [0, 0.1) is 11.8 Å². The zero-order chi connectivity index (χ0) is 14.8. The Labute approximate surface area is 119 Å². The first-order chi connectivity index (χ1) is 9.71. The quantitative estimate of drug-likeness (QED) is 0.757. The van der Waals surface area contributed by atoms with Gasteiger partial charge in [0.25, 0.3) is 0 Å². The topological polar surface area (TPSA) is 73.6 Å². The molecule has 0 radical (unpaired) electrons. The molecule has 20 heavy (non-hydrogen) atoms. The summed E-state index contributed by atoms with van der Waals surface area (Å²) in [6.45, 7) is 5.21. The second-order valence-corrected chi connectivity index (χ2v) is 3.81. The summed E-state index contributed by atoms with van der Waals surface area (Å²) in [6, 6.07) is 5.51. The molecule has 1 amide bonds. The van der Waals surface area contributed by atoms with Crippen molar-refractivity contribution in [3.8, 4) is 23.3 Å². The Bertz CT molecular complexity index is 504. The van der Waals surface area contributed by atoms with Gasteiger partial charge in [0.2, 0.25) is 5.91 Å². The number of rotatable bonds is 6. The van der Waals surface area contributed by atoms with Crippen molar-refractivity contribution in [3.05, 3.63) is 23.8 Å². The molecule has 0 saturated heterocycles. The maximum Gasteiger partial charge on any atom is 0.234 e. The predicted molar refractivity (Wildman–Crippen MR) is 77.7 cm³/mol. The maximum atomic E-state index is 10.9. The lowest BCUT2D eigenvalue weighted by Gasteiger charge is -2.10. The van der Waals surface area contributed by atoms with Crippen molar-refractivity contribution in [1.82, 2.24) is 5.32 Å². The Morgan fingerprint density at radius 3 is 2.60 bits per heavy atom. The first-order valence-electron chi connectivity index (χ1n) is 6.56. The largest absolute Gasteiger partial charge is 0.490 e. The first kappa shape index (κ1) is 15.9. The number of ether oxygens (including phenoxy) is 2. The van der Waals surface area contributed by atoms with Crippen molar-refractivity contribution in [2.75, 3.05) is 26.3 Å². The van der Waals surface area contributed by atoms with Crippen molar-refractivity contribution < 1.29 is 14.3 Å². The number of hydrogen-bond donors (Lipinski definition) is 2. The monoisotopic (exact) mass is 276 g/mol. The molecule has 5 heteroatoms. The molecule has 1 aromatic carbocycles. The van der Waals surface area contributed by atoms with Crippen LogP contribution in [0.1, 0.15) is 19.4 Å². The average Bonchev–Trinajstić information content (AvgIpc) is 2.46. The van der Waals surface area contributed by atoms with Crippen LogP contribution in [0.15, 0.2) is 18.2 Å². The molecule has 0 aliphatic carbocycles. The van der Waals surface area contributed by atoms with Crippen molar-refractivity contribution in [1.29, 1.82) is 0 Å². The van der Waals surface area contributed by atoms with Gasteiger partial charge < -0.3 is 20.5 Å². The van der Waals surface area contributed by atoms with Gasteiger partial charge in [0.1, 0.15) is 0 Å². The van der Waals surface area contributed by atoms with E-state index in [4.69, 9.17) is 15.2 Å². The Kier molecular flexibility index (Phi) is 7.01. The van der Waals surface area contributed by atoms with E-state index in [1.165, 1.54) is 0 Å². The van der Waals surface area contributed by atoms with Crippen LogP contribution < -0.4 is 20.5 Å². The van der Waals surface area contributed by atoms with E-state index in [-0.39, 0.29) is 19.0 Å². The lowest BCUT2D eigenvalue weighted by atomic mass is 10.2. The fraction of sp³-hybridized carbons (Fsp3) is 0.400. The Hall–Kier alpha value is -2.19. The Balaban J connectivity index is 2.73. The smallest absolute Gasteiger partial charge is 0.234 e. The number of nitrogens with two attached hydrogens (primary N) is 1. The highest BCUT2D eigenvalue weighted by Gasteiger charge is 2.04. The standard InChI is InChI=1S/C15H20N2O3/c1-3-19-13-8-7-12(10-14(13)20-4-2)6-5-9-17-15(18)11-16/h7-8,10H,3-4,9,11,16H2,1-2H3,(H,17,18). The summed E-state index contributed by atoms with van der Waals surface area (Å²) < 4.78 is 11.0. The molecule has 108 valence electrons. The molecule has 0 aliphatic heterocycles. The van der Waals surface area contributed by atoms with Gasteiger partial charge >= 0.3 is 0 Å². The second kappa shape index (κ2) is 8.83. The zero-order valence-electron chi connectivity index (χ0n) is 11.9. The molecule has 3 N–H and O–H groups in total. The number of amides is 1. The molecule has 0 atom stereocenters. The predicted octanol–water partition coefficient (Wildman–Crippen LogP) is 0.910. The summed E-state index contributed by atoms with van der Waals surface area (Å²) in [4.78, 5) is 10.9. The van der Waals surface area contributed by atoms with Crippen LogP contribution >= 0.6 is 0 Å². The Morgan fingerprint density at radius 1 is 1.25 bits per heavy atom. The fourth-order valence-corrected chi connectivity index (χ4v) is 1.49. The number of carbonyl (C=O) groups excluding carboxylic acids is 1. The van der Waals surface area contributed by atoms with Crippen LogP contribution in [0.5, 0.6) is 11.5 Å². The molecule has 0 saturated carbocycles. The molecule has 0 fully saturated rings. The summed E-state index contributed by atoms with van der Waals surface area (Å²) in [5, 5.41) is 2.58. The van der Waals surface area contributed by atoms with E-state index in [1.54, 1.807) is 0 Å². The summed E-state index contributed by atoms with van der Waals surface area (Å²) in [7, 11) is 0. The highest BCUT2D eigenvalue weighted by atomic mass is 16.5. The van der Waals surface area contributed by atoms with E-state index < -0.39 is 0 Å². The molecule has 0 aromatic heterocycles. The van der Waals surface area contributed by atoms with E-state index >= 15 is 0 Å². The van der Waals surface area contributed by atoms with Gasteiger partial charge in [0, 0.05) is 5.56 Å². The van der Waals surface area contributed by atoms with Gasteiger partial charge in [-0.1, -0.05) is 11.8 Å².